The van der Waals surface area contributed by atoms with Crippen LogP contribution in [0.25, 0.3) is 10.9 Å². The molecule has 1 aliphatic rings. The lowest BCUT2D eigenvalue weighted by atomic mass is 10.2. The molecular weight excluding hydrogens is 387 g/mol. The van der Waals surface area contributed by atoms with E-state index in [-0.39, 0.29) is 5.91 Å². The highest BCUT2D eigenvalue weighted by Crippen LogP contribution is 2.28. The second-order valence-electron chi connectivity index (χ2n) is 5.81. The molecule has 0 radical (unpaired) electrons. The summed E-state index contributed by atoms with van der Waals surface area (Å²) >= 11 is 3.44. The van der Waals surface area contributed by atoms with E-state index in [1.54, 1.807) is 18.2 Å². The molecule has 0 spiro atoms. The number of anilines is 2. The van der Waals surface area contributed by atoms with Crippen LogP contribution in [0, 0.1) is 5.82 Å². The maximum atomic E-state index is 14.0. The van der Waals surface area contributed by atoms with E-state index in [2.05, 4.69) is 31.2 Å². The Hall–Kier alpha value is -2.54. The van der Waals surface area contributed by atoms with E-state index in [1.165, 1.54) is 17.3 Å². The van der Waals surface area contributed by atoms with E-state index in [1.807, 2.05) is 18.2 Å². The number of halogens is 2. The van der Waals surface area contributed by atoms with Gasteiger partial charge in [-0.05, 0) is 36.8 Å². The lowest BCUT2D eigenvalue weighted by Crippen LogP contribution is -2.34. The zero-order valence-corrected chi connectivity index (χ0v) is 14.7. The van der Waals surface area contributed by atoms with Crippen molar-refractivity contribution in [3.63, 3.8) is 0 Å². The van der Waals surface area contributed by atoms with Crippen molar-refractivity contribution in [3.05, 3.63) is 59.1 Å². The molecule has 3 aromatic rings. The summed E-state index contributed by atoms with van der Waals surface area (Å²) in [7, 11) is 0. The van der Waals surface area contributed by atoms with Crippen LogP contribution in [0.1, 0.15) is 6.42 Å². The standard InChI is InChI=1S/C18H14BrFN4O/c19-11-5-6-14-12(9-11)17(22-10-21-14)23-15-7-8-24(18(15)25)16-4-2-1-3-13(16)20/h1-6,9-10,15H,7-8H2,(H,21,22,23). The van der Waals surface area contributed by atoms with Crippen LogP contribution in [0.4, 0.5) is 15.9 Å². The largest absolute Gasteiger partial charge is 0.358 e. The number of nitrogens with one attached hydrogen (secondary N) is 1. The summed E-state index contributed by atoms with van der Waals surface area (Å²) < 4.78 is 14.9. The normalized spacial score (nSPS) is 17.3. The van der Waals surface area contributed by atoms with Gasteiger partial charge in [0.15, 0.2) is 0 Å². The lowest BCUT2D eigenvalue weighted by Gasteiger charge is -2.18. The summed E-state index contributed by atoms with van der Waals surface area (Å²) in [5.41, 5.74) is 1.10. The SMILES string of the molecule is O=C1C(Nc2ncnc3ccc(Br)cc23)CCN1c1ccccc1F. The van der Waals surface area contributed by atoms with Gasteiger partial charge in [-0.15, -0.1) is 0 Å². The molecule has 4 rings (SSSR count). The molecule has 126 valence electrons. The van der Waals surface area contributed by atoms with Gasteiger partial charge in [0.1, 0.15) is 24.0 Å². The number of rotatable bonds is 3. The van der Waals surface area contributed by atoms with Gasteiger partial charge in [-0.1, -0.05) is 28.1 Å². The van der Waals surface area contributed by atoms with Gasteiger partial charge in [0, 0.05) is 16.4 Å². The Kier molecular flexibility index (Phi) is 4.09. The van der Waals surface area contributed by atoms with E-state index in [9.17, 15) is 9.18 Å². The Morgan fingerprint density at radius 3 is 2.88 bits per heavy atom. The molecule has 1 N–H and O–H groups in total. The van der Waals surface area contributed by atoms with Gasteiger partial charge in [0.25, 0.3) is 0 Å². The van der Waals surface area contributed by atoms with E-state index < -0.39 is 11.9 Å². The van der Waals surface area contributed by atoms with Gasteiger partial charge in [-0.3, -0.25) is 4.79 Å². The van der Waals surface area contributed by atoms with Gasteiger partial charge in [0.2, 0.25) is 5.91 Å². The van der Waals surface area contributed by atoms with E-state index >= 15 is 0 Å². The van der Waals surface area contributed by atoms with Crippen molar-refractivity contribution in [2.45, 2.75) is 12.5 Å². The predicted molar refractivity (Wildman–Crippen MR) is 98.0 cm³/mol. The van der Waals surface area contributed by atoms with Crippen molar-refractivity contribution < 1.29 is 9.18 Å². The molecule has 5 nitrogen and oxygen atoms in total. The Bertz CT molecular complexity index is 965. The third-order valence-corrected chi connectivity index (χ3v) is 4.75. The number of carbonyl (C=O) groups is 1. The monoisotopic (exact) mass is 400 g/mol. The van der Waals surface area contributed by atoms with Crippen molar-refractivity contribution in [1.82, 2.24) is 9.97 Å². The van der Waals surface area contributed by atoms with E-state index in [0.717, 1.165) is 15.4 Å². The summed E-state index contributed by atoms with van der Waals surface area (Å²) in [5.74, 6) is 0.0415. The third kappa shape index (κ3) is 2.95. The van der Waals surface area contributed by atoms with E-state index in [0.29, 0.717) is 24.5 Å². The molecule has 0 bridgehead atoms. The first-order valence-electron chi connectivity index (χ1n) is 7.86. The maximum absolute atomic E-state index is 14.0. The van der Waals surface area contributed by atoms with Crippen LogP contribution in [0.3, 0.4) is 0 Å². The van der Waals surface area contributed by atoms with Crippen molar-refractivity contribution >= 4 is 44.2 Å². The number of fused-ring (bicyclic) bond motifs is 1. The summed E-state index contributed by atoms with van der Waals surface area (Å²) in [5, 5.41) is 4.02. The van der Waals surface area contributed by atoms with Crippen molar-refractivity contribution in [1.29, 1.82) is 0 Å². The minimum Gasteiger partial charge on any atom is -0.358 e. The van der Waals surface area contributed by atoms with Crippen LogP contribution >= 0.6 is 15.9 Å². The van der Waals surface area contributed by atoms with Crippen LogP contribution in [0.2, 0.25) is 0 Å². The van der Waals surface area contributed by atoms with Gasteiger partial charge in [-0.25, -0.2) is 14.4 Å². The zero-order chi connectivity index (χ0) is 17.4. The Morgan fingerprint density at radius 1 is 1.20 bits per heavy atom. The fourth-order valence-electron chi connectivity index (χ4n) is 3.03. The number of amides is 1. The maximum Gasteiger partial charge on any atom is 0.249 e. The average molecular weight is 401 g/mol. The first-order valence-corrected chi connectivity index (χ1v) is 8.65. The molecule has 1 fully saturated rings. The second kappa shape index (κ2) is 6.40. The summed E-state index contributed by atoms with van der Waals surface area (Å²) in [6.45, 7) is 0.462. The fraction of sp³-hybridized carbons (Fsp3) is 0.167. The number of nitrogens with zero attached hydrogens (tertiary/aromatic N) is 3. The van der Waals surface area contributed by atoms with Crippen molar-refractivity contribution in [2.75, 3.05) is 16.8 Å². The minimum absolute atomic E-state index is 0.160. The quantitative estimate of drug-likeness (QED) is 0.727. The van der Waals surface area contributed by atoms with Crippen molar-refractivity contribution in [3.8, 4) is 0 Å². The number of para-hydroxylation sites is 1. The van der Waals surface area contributed by atoms with Crippen LogP contribution in [0.15, 0.2) is 53.3 Å². The highest BCUT2D eigenvalue weighted by Gasteiger charge is 2.34. The van der Waals surface area contributed by atoms with Crippen molar-refractivity contribution in [2.24, 2.45) is 0 Å². The van der Waals surface area contributed by atoms with Gasteiger partial charge < -0.3 is 10.2 Å². The number of hydrogen-bond donors (Lipinski definition) is 1. The molecule has 0 saturated carbocycles. The summed E-state index contributed by atoms with van der Waals surface area (Å²) in [6.07, 6.45) is 2.04. The molecule has 7 heteroatoms. The topological polar surface area (TPSA) is 58.1 Å². The minimum atomic E-state index is -0.448. The number of aromatic nitrogens is 2. The molecule has 1 atom stereocenters. The van der Waals surface area contributed by atoms with Gasteiger partial charge in [0.05, 0.1) is 11.2 Å². The highest BCUT2D eigenvalue weighted by atomic mass is 79.9. The highest BCUT2D eigenvalue weighted by molar-refractivity contribution is 9.10. The Labute approximate surface area is 152 Å². The fourth-order valence-corrected chi connectivity index (χ4v) is 3.39. The molecule has 1 amide bonds. The third-order valence-electron chi connectivity index (χ3n) is 4.26. The van der Waals surface area contributed by atoms with Crippen LogP contribution < -0.4 is 10.2 Å². The zero-order valence-electron chi connectivity index (χ0n) is 13.1. The molecule has 1 aliphatic heterocycles. The molecule has 1 unspecified atom stereocenters. The first kappa shape index (κ1) is 16.0. The summed E-state index contributed by atoms with van der Waals surface area (Å²) in [4.78, 5) is 22.7. The first-order chi connectivity index (χ1) is 12.1. The number of hydrogen-bond acceptors (Lipinski definition) is 4. The van der Waals surface area contributed by atoms with Crippen LogP contribution in [0.5, 0.6) is 0 Å². The molecule has 25 heavy (non-hydrogen) atoms. The number of carbonyl (C=O) groups excluding carboxylic acids is 1. The Balaban J connectivity index is 1.62. The lowest BCUT2D eigenvalue weighted by molar-refractivity contribution is -0.117. The van der Waals surface area contributed by atoms with E-state index in [4.69, 9.17) is 0 Å². The number of benzene rings is 2. The molecule has 1 aromatic heterocycles. The average Bonchev–Trinajstić information content (AvgIpc) is 2.96. The smallest absolute Gasteiger partial charge is 0.249 e. The van der Waals surface area contributed by atoms with Gasteiger partial charge >= 0.3 is 0 Å². The Morgan fingerprint density at radius 2 is 2.04 bits per heavy atom. The molecular formula is C18H14BrFN4O. The molecule has 2 aromatic carbocycles. The molecule has 1 saturated heterocycles. The van der Waals surface area contributed by atoms with Crippen LogP contribution in [-0.2, 0) is 4.79 Å². The molecule has 0 aliphatic carbocycles. The van der Waals surface area contributed by atoms with Gasteiger partial charge in [-0.2, -0.15) is 0 Å². The summed E-state index contributed by atoms with van der Waals surface area (Å²) in [6, 6.07) is 11.6. The van der Waals surface area contributed by atoms with Crippen LogP contribution in [-0.4, -0.2) is 28.5 Å². The second-order valence-corrected chi connectivity index (χ2v) is 6.73. The molecule has 2 heterocycles. The predicted octanol–water partition coefficient (Wildman–Crippen LogP) is 3.75.